The van der Waals surface area contributed by atoms with Crippen LogP contribution in [0.4, 0.5) is 5.69 Å². The first-order valence-corrected chi connectivity index (χ1v) is 5.63. The second kappa shape index (κ2) is 3.28. The van der Waals surface area contributed by atoms with Gasteiger partial charge in [-0.05, 0) is 12.1 Å². The van der Waals surface area contributed by atoms with Crippen molar-refractivity contribution in [1.29, 1.82) is 0 Å². The topological polar surface area (TPSA) is 43.1 Å². The molecule has 2 aromatic carbocycles. The zero-order valence-corrected chi connectivity index (χ0v) is 9.03. The lowest BCUT2D eigenvalue weighted by atomic mass is 10.1. The summed E-state index contributed by atoms with van der Waals surface area (Å²) >= 11 is 1.59. The van der Waals surface area contributed by atoms with Crippen LogP contribution >= 0.6 is 11.3 Å². The average Bonchev–Trinajstić information content (AvgIpc) is 2.66. The second-order valence-corrected chi connectivity index (χ2v) is 4.62. The second-order valence-electron chi connectivity index (χ2n) is 3.54. The number of nitro groups is 1. The van der Waals surface area contributed by atoms with Crippen molar-refractivity contribution in [2.24, 2.45) is 0 Å². The van der Waals surface area contributed by atoms with E-state index < -0.39 is 0 Å². The van der Waals surface area contributed by atoms with E-state index >= 15 is 0 Å². The van der Waals surface area contributed by atoms with Crippen LogP contribution in [-0.2, 0) is 0 Å². The third kappa shape index (κ3) is 1.27. The summed E-state index contributed by atoms with van der Waals surface area (Å²) in [6, 6.07) is 13.1. The third-order valence-corrected chi connectivity index (χ3v) is 3.71. The van der Waals surface area contributed by atoms with Gasteiger partial charge in [0.05, 0.1) is 4.92 Å². The molecule has 0 N–H and O–H groups in total. The Kier molecular flexibility index (Phi) is 1.91. The van der Waals surface area contributed by atoms with Crippen molar-refractivity contribution in [1.82, 2.24) is 0 Å². The Balaban J connectivity index is 2.41. The molecule has 0 aliphatic heterocycles. The Morgan fingerprint density at radius 2 is 1.75 bits per heavy atom. The maximum absolute atomic E-state index is 10.7. The monoisotopic (exact) mass is 229 g/mol. The lowest BCUT2D eigenvalue weighted by molar-refractivity contribution is -0.384. The Labute approximate surface area is 95.1 Å². The summed E-state index contributed by atoms with van der Waals surface area (Å²) in [5.74, 6) is 0. The quantitative estimate of drug-likeness (QED) is 0.468. The summed E-state index contributed by atoms with van der Waals surface area (Å²) in [5.41, 5.74) is 0.152. The molecule has 3 aromatic rings. The Morgan fingerprint density at radius 3 is 2.56 bits per heavy atom. The van der Waals surface area contributed by atoms with Crippen LogP contribution in [0.5, 0.6) is 0 Å². The molecule has 0 aliphatic rings. The molecule has 0 spiro atoms. The van der Waals surface area contributed by atoms with Crippen LogP contribution in [0, 0.1) is 10.1 Å². The molecule has 0 saturated carbocycles. The smallest absolute Gasteiger partial charge is 0.258 e. The molecule has 0 bridgehead atoms. The average molecular weight is 229 g/mol. The van der Waals surface area contributed by atoms with Crippen LogP contribution in [-0.4, -0.2) is 4.92 Å². The zero-order valence-electron chi connectivity index (χ0n) is 8.21. The van der Waals surface area contributed by atoms with Gasteiger partial charge in [-0.1, -0.05) is 18.2 Å². The minimum absolute atomic E-state index is 0.152. The van der Waals surface area contributed by atoms with Gasteiger partial charge in [-0.3, -0.25) is 10.1 Å². The van der Waals surface area contributed by atoms with E-state index in [1.165, 1.54) is 0 Å². The molecule has 0 aliphatic carbocycles. The van der Waals surface area contributed by atoms with Crippen LogP contribution < -0.4 is 0 Å². The highest BCUT2D eigenvalue weighted by Gasteiger charge is 2.09. The number of rotatable bonds is 1. The number of nitro benzene ring substituents is 1. The molecule has 3 rings (SSSR count). The predicted octanol–water partition coefficient (Wildman–Crippen LogP) is 3.96. The maximum atomic E-state index is 10.7. The molecule has 0 radical (unpaired) electrons. The van der Waals surface area contributed by atoms with Crippen LogP contribution in [0.25, 0.3) is 20.2 Å². The summed E-state index contributed by atoms with van der Waals surface area (Å²) in [7, 11) is 0. The van der Waals surface area contributed by atoms with Gasteiger partial charge >= 0.3 is 0 Å². The summed E-state index contributed by atoms with van der Waals surface area (Å²) < 4.78 is 2.13. The highest BCUT2D eigenvalue weighted by molar-refractivity contribution is 7.25. The van der Waals surface area contributed by atoms with E-state index in [-0.39, 0.29) is 10.6 Å². The Bertz CT molecular complexity index is 702. The lowest BCUT2D eigenvalue weighted by Crippen LogP contribution is -1.85. The molecule has 0 amide bonds. The Morgan fingerprint density at radius 1 is 1.00 bits per heavy atom. The fourth-order valence-corrected chi connectivity index (χ4v) is 2.97. The zero-order chi connectivity index (χ0) is 11.1. The molecule has 3 nitrogen and oxygen atoms in total. The summed E-state index contributed by atoms with van der Waals surface area (Å²) in [6.07, 6.45) is 0. The summed E-state index contributed by atoms with van der Waals surface area (Å²) in [5, 5.41) is 12.9. The SMILES string of the molecule is O=[N+]([O-])c1ccc2c(c1)sc1ccccc12. The number of non-ortho nitro benzene ring substituents is 1. The molecule has 4 heteroatoms. The van der Waals surface area contributed by atoms with Crippen molar-refractivity contribution < 1.29 is 4.92 Å². The van der Waals surface area contributed by atoms with Gasteiger partial charge < -0.3 is 0 Å². The number of nitrogens with zero attached hydrogens (tertiary/aromatic N) is 1. The van der Waals surface area contributed by atoms with Crippen LogP contribution in [0.15, 0.2) is 42.5 Å². The van der Waals surface area contributed by atoms with Gasteiger partial charge in [-0.15, -0.1) is 11.3 Å². The molecule has 0 atom stereocenters. The van der Waals surface area contributed by atoms with Crippen molar-refractivity contribution >= 4 is 37.2 Å². The van der Waals surface area contributed by atoms with E-state index in [2.05, 4.69) is 0 Å². The van der Waals surface area contributed by atoms with E-state index in [1.807, 2.05) is 30.3 Å². The standard InChI is InChI=1S/C12H7NO2S/c14-13(15)8-5-6-10-9-3-1-2-4-11(9)16-12(10)7-8/h1-7H. The number of benzene rings is 2. The van der Waals surface area contributed by atoms with Crippen LogP contribution in [0.1, 0.15) is 0 Å². The molecule has 1 aromatic heterocycles. The Hall–Kier alpha value is -1.94. The van der Waals surface area contributed by atoms with Crippen molar-refractivity contribution in [3.63, 3.8) is 0 Å². The van der Waals surface area contributed by atoms with Crippen LogP contribution in [0.2, 0.25) is 0 Å². The van der Waals surface area contributed by atoms with Gasteiger partial charge in [-0.25, -0.2) is 0 Å². The van der Waals surface area contributed by atoms with Gasteiger partial charge in [-0.2, -0.15) is 0 Å². The molecule has 78 valence electrons. The maximum Gasteiger partial charge on any atom is 0.270 e. The van der Waals surface area contributed by atoms with Crippen molar-refractivity contribution in [3.05, 3.63) is 52.6 Å². The molecule has 16 heavy (non-hydrogen) atoms. The molecule has 0 fully saturated rings. The number of fused-ring (bicyclic) bond motifs is 3. The van der Waals surface area contributed by atoms with Gasteiger partial charge in [0.15, 0.2) is 0 Å². The largest absolute Gasteiger partial charge is 0.270 e. The molecular formula is C12H7NO2S. The first-order chi connectivity index (χ1) is 7.75. The van der Waals surface area contributed by atoms with Gasteiger partial charge in [0.25, 0.3) is 5.69 Å². The predicted molar refractivity (Wildman–Crippen MR) is 66.0 cm³/mol. The highest BCUT2D eigenvalue weighted by atomic mass is 32.1. The molecular weight excluding hydrogens is 222 g/mol. The fraction of sp³-hybridized carbons (Fsp3) is 0. The first-order valence-electron chi connectivity index (χ1n) is 4.81. The van der Waals surface area contributed by atoms with Gasteiger partial charge in [0.1, 0.15) is 0 Å². The highest BCUT2D eigenvalue weighted by Crippen LogP contribution is 2.35. The number of thiophene rings is 1. The number of hydrogen-bond donors (Lipinski definition) is 0. The van der Waals surface area contributed by atoms with E-state index in [9.17, 15) is 10.1 Å². The first kappa shape index (κ1) is 9.30. The normalized spacial score (nSPS) is 11.0. The molecule has 1 heterocycles. The number of hydrogen-bond acceptors (Lipinski definition) is 3. The fourth-order valence-electron chi connectivity index (χ4n) is 1.83. The third-order valence-electron chi connectivity index (χ3n) is 2.57. The minimum Gasteiger partial charge on any atom is -0.258 e. The van der Waals surface area contributed by atoms with E-state index in [1.54, 1.807) is 23.5 Å². The van der Waals surface area contributed by atoms with Gasteiger partial charge in [0, 0.05) is 32.3 Å². The summed E-state index contributed by atoms with van der Waals surface area (Å²) in [6.45, 7) is 0. The van der Waals surface area contributed by atoms with E-state index in [4.69, 9.17) is 0 Å². The van der Waals surface area contributed by atoms with E-state index in [0.717, 1.165) is 20.2 Å². The van der Waals surface area contributed by atoms with Crippen LogP contribution in [0.3, 0.4) is 0 Å². The summed E-state index contributed by atoms with van der Waals surface area (Å²) in [4.78, 5) is 10.3. The van der Waals surface area contributed by atoms with Gasteiger partial charge in [0.2, 0.25) is 0 Å². The minimum atomic E-state index is -0.357. The molecule has 0 saturated heterocycles. The van der Waals surface area contributed by atoms with Crippen molar-refractivity contribution in [3.8, 4) is 0 Å². The van der Waals surface area contributed by atoms with E-state index in [0.29, 0.717) is 0 Å². The van der Waals surface area contributed by atoms with Crippen molar-refractivity contribution in [2.75, 3.05) is 0 Å². The molecule has 0 unspecified atom stereocenters. The van der Waals surface area contributed by atoms with Crippen molar-refractivity contribution in [2.45, 2.75) is 0 Å². The lowest BCUT2D eigenvalue weighted by Gasteiger charge is -1.91.